The third-order valence-electron chi connectivity index (χ3n) is 11.5. The number of carbonyl (C=O) groups is 3. The van der Waals surface area contributed by atoms with Gasteiger partial charge in [-0.1, -0.05) is 232 Å². The molecule has 1 atom stereocenters. The summed E-state index contributed by atoms with van der Waals surface area (Å²) in [7, 11) is 0. The van der Waals surface area contributed by atoms with Crippen LogP contribution in [0.1, 0.15) is 284 Å². The molecule has 0 amide bonds. The van der Waals surface area contributed by atoms with Crippen LogP contribution in [0, 0.1) is 0 Å². The Kier molecular flexibility index (Phi) is 46.3. The van der Waals surface area contributed by atoms with E-state index in [0.29, 0.717) is 19.3 Å². The molecule has 6 heteroatoms. The molecule has 0 heterocycles. The highest BCUT2D eigenvalue weighted by molar-refractivity contribution is 5.71. The van der Waals surface area contributed by atoms with Crippen LogP contribution in [0.2, 0.25) is 0 Å². The Labute approximate surface area is 360 Å². The van der Waals surface area contributed by atoms with Crippen molar-refractivity contribution in [3.63, 3.8) is 0 Å². The van der Waals surface area contributed by atoms with Gasteiger partial charge in [0.2, 0.25) is 0 Å². The molecule has 0 unspecified atom stereocenters. The molecule has 0 aliphatic carbocycles. The first kappa shape index (κ1) is 56.1. The van der Waals surface area contributed by atoms with Crippen molar-refractivity contribution in [1.29, 1.82) is 0 Å². The van der Waals surface area contributed by atoms with E-state index in [-0.39, 0.29) is 31.1 Å². The van der Waals surface area contributed by atoms with Crippen LogP contribution in [-0.2, 0) is 28.6 Å². The van der Waals surface area contributed by atoms with E-state index in [1.165, 1.54) is 186 Å². The van der Waals surface area contributed by atoms with Gasteiger partial charge in [-0.05, 0) is 44.9 Å². The molecule has 0 aromatic carbocycles. The summed E-state index contributed by atoms with van der Waals surface area (Å²) in [5, 5.41) is 0. The number of hydrogen-bond acceptors (Lipinski definition) is 6. The molecule has 0 bridgehead atoms. The lowest BCUT2D eigenvalue weighted by Gasteiger charge is -2.18. The minimum Gasteiger partial charge on any atom is -0.462 e. The highest BCUT2D eigenvalue weighted by atomic mass is 16.6. The van der Waals surface area contributed by atoms with Crippen molar-refractivity contribution in [2.45, 2.75) is 290 Å². The van der Waals surface area contributed by atoms with E-state index in [0.717, 1.165) is 57.8 Å². The van der Waals surface area contributed by atoms with Gasteiger partial charge in [0.1, 0.15) is 13.2 Å². The Morgan fingerprint density at radius 2 is 0.569 bits per heavy atom. The third kappa shape index (κ3) is 45.2. The van der Waals surface area contributed by atoms with Crippen LogP contribution in [0.3, 0.4) is 0 Å². The van der Waals surface area contributed by atoms with Crippen molar-refractivity contribution >= 4 is 17.9 Å². The lowest BCUT2D eigenvalue weighted by atomic mass is 10.0. The molecule has 0 aliphatic heterocycles. The number of ether oxygens (including phenoxy) is 3. The quantitative estimate of drug-likeness (QED) is 0.0263. The molecule has 58 heavy (non-hydrogen) atoms. The summed E-state index contributed by atoms with van der Waals surface area (Å²) in [5.74, 6) is -0.855. The fraction of sp³-hybridized carbons (Fsp3) is 0.904. The summed E-state index contributed by atoms with van der Waals surface area (Å²) in [6.45, 7) is 6.65. The zero-order valence-corrected chi connectivity index (χ0v) is 39.1. The summed E-state index contributed by atoms with van der Waals surface area (Å²) in [5.41, 5.74) is 0. The molecule has 0 aromatic heterocycles. The van der Waals surface area contributed by atoms with Gasteiger partial charge >= 0.3 is 17.9 Å². The highest BCUT2D eigenvalue weighted by Gasteiger charge is 2.19. The minimum atomic E-state index is -0.764. The number of carbonyl (C=O) groups excluding carboxylic acids is 3. The molecule has 0 rings (SSSR count). The SMILES string of the molecule is CCCCCC/C=C\CCCCCCCCCC(=O)O[C@@H](COC(=O)CCCCCCCCCCCCCC)COC(=O)CCCCCCCCCCCCCCC. The van der Waals surface area contributed by atoms with Crippen LogP contribution in [0.4, 0.5) is 0 Å². The van der Waals surface area contributed by atoms with Crippen molar-refractivity contribution in [1.82, 2.24) is 0 Å². The molecule has 6 nitrogen and oxygen atoms in total. The highest BCUT2D eigenvalue weighted by Crippen LogP contribution is 2.16. The number of unbranched alkanes of at least 4 members (excludes halogenated alkanes) is 34. The maximum absolute atomic E-state index is 12.8. The van der Waals surface area contributed by atoms with E-state index < -0.39 is 6.10 Å². The first-order chi connectivity index (χ1) is 28.5. The second kappa shape index (κ2) is 47.8. The molecule has 0 saturated carbocycles. The molecule has 0 N–H and O–H groups in total. The molecule has 342 valence electrons. The zero-order valence-electron chi connectivity index (χ0n) is 39.1. The van der Waals surface area contributed by atoms with Gasteiger partial charge in [-0.25, -0.2) is 0 Å². The van der Waals surface area contributed by atoms with Crippen molar-refractivity contribution in [3.05, 3.63) is 12.2 Å². The first-order valence-corrected chi connectivity index (χ1v) is 25.7. The molecule has 0 radical (unpaired) electrons. The van der Waals surface area contributed by atoms with Gasteiger partial charge in [0, 0.05) is 19.3 Å². The Hall–Kier alpha value is -1.85. The predicted octanol–water partition coefficient (Wildman–Crippen LogP) is 16.6. The summed E-state index contributed by atoms with van der Waals surface area (Å²) in [4.78, 5) is 37.9. The molecule has 0 aromatic rings. The fourth-order valence-electron chi connectivity index (χ4n) is 7.61. The van der Waals surface area contributed by atoms with E-state index in [1.807, 2.05) is 0 Å². The lowest BCUT2D eigenvalue weighted by Crippen LogP contribution is -2.30. The van der Waals surface area contributed by atoms with Gasteiger partial charge in [0.05, 0.1) is 0 Å². The van der Waals surface area contributed by atoms with Gasteiger partial charge in [-0.2, -0.15) is 0 Å². The topological polar surface area (TPSA) is 78.9 Å². The minimum absolute atomic E-state index is 0.0665. The van der Waals surface area contributed by atoms with Crippen LogP contribution in [-0.4, -0.2) is 37.2 Å². The Balaban J connectivity index is 4.33. The largest absolute Gasteiger partial charge is 0.462 e. The number of rotatable bonds is 47. The van der Waals surface area contributed by atoms with Gasteiger partial charge in [0.25, 0.3) is 0 Å². The van der Waals surface area contributed by atoms with Gasteiger partial charge in [-0.15, -0.1) is 0 Å². The molecule has 0 aliphatic rings. The number of esters is 3. The smallest absolute Gasteiger partial charge is 0.306 e. The normalized spacial score (nSPS) is 12.0. The van der Waals surface area contributed by atoms with Crippen molar-refractivity contribution in [3.8, 4) is 0 Å². The first-order valence-electron chi connectivity index (χ1n) is 25.7. The average molecular weight is 819 g/mol. The summed E-state index contributed by atoms with van der Waals surface area (Å²) in [6, 6.07) is 0. The van der Waals surface area contributed by atoms with Crippen molar-refractivity contribution in [2.75, 3.05) is 13.2 Å². The number of hydrogen-bond donors (Lipinski definition) is 0. The predicted molar refractivity (Wildman–Crippen MR) is 247 cm³/mol. The second-order valence-corrected chi connectivity index (χ2v) is 17.4. The standard InChI is InChI=1S/C52H98O6/c1-4-7-10-13-16-19-22-25-26-28-31-34-37-40-43-46-52(55)58-49(47-56-50(53)44-41-38-35-32-29-24-21-18-15-12-9-6-3)48-57-51(54)45-42-39-36-33-30-27-23-20-17-14-11-8-5-2/h19,22,49H,4-18,20-21,23-48H2,1-3H3/b22-19-/t49-/m0/s1. The van der Waals surface area contributed by atoms with Crippen LogP contribution < -0.4 is 0 Å². The van der Waals surface area contributed by atoms with E-state index in [2.05, 4.69) is 32.9 Å². The van der Waals surface area contributed by atoms with Crippen LogP contribution >= 0.6 is 0 Å². The lowest BCUT2D eigenvalue weighted by molar-refractivity contribution is -0.167. The van der Waals surface area contributed by atoms with Crippen LogP contribution in [0.15, 0.2) is 12.2 Å². The third-order valence-corrected chi connectivity index (χ3v) is 11.5. The molecular weight excluding hydrogens is 721 g/mol. The Morgan fingerprint density at radius 1 is 0.328 bits per heavy atom. The fourth-order valence-corrected chi connectivity index (χ4v) is 7.61. The summed E-state index contributed by atoms with van der Waals surface area (Å²) < 4.78 is 16.8. The molecule has 0 fully saturated rings. The maximum Gasteiger partial charge on any atom is 0.306 e. The van der Waals surface area contributed by atoms with Gasteiger partial charge < -0.3 is 14.2 Å². The number of allylic oxidation sites excluding steroid dienone is 2. The Morgan fingerprint density at radius 3 is 0.879 bits per heavy atom. The van der Waals surface area contributed by atoms with Crippen LogP contribution in [0.5, 0.6) is 0 Å². The van der Waals surface area contributed by atoms with Crippen LogP contribution in [0.25, 0.3) is 0 Å². The van der Waals surface area contributed by atoms with E-state index in [4.69, 9.17) is 14.2 Å². The monoisotopic (exact) mass is 819 g/mol. The van der Waals surface area contributed by atoms with Gasteiger partial charge in [0.15, 0.2) is 6.10 Å². The van der Waals surface area contributed by atoms with Crippen molar-refractivity contribution < 1.29 is 28.6 Å². The van der Waals surface area contributed by atoms with E-state index in [9.17, 15) is 14.4 Å². The van der Waals surface area contributed by atoms with Crippen molar-refractivity contribution in [2.24, 2.45) is 0 Å². The Bertz CT molecular complexity index is 900. The average Bonchev–Trinajstić information content (AvgIpc) is 3.22. The molecule has 0 spiro atoms. The maximum atomic E-state index is 12.8. The van der Waals surface area contributed by atoms with Gasteiger partial charge in [-0.3, -0.25) is 14.4 Å². The molecular formula is C52H98O6. The molecule has 0 saturated heterocycles. The van der Waals surface area contributed by atoms with E-state index >= 15 is 0 Å². The zero-order chi connectivity index (χ0) is 42.3. The summed E-state index contributed by atoms with van der Waals surface area (Å²) >= 11 is 0. The van der Waals surface area contributed by atoms with E-state index in [1.54, 1.807) is 0 Å². The second-order valence-electron chi connectivity index (χ2n) is 17.4. The summed E-state index contributed by atoms with van der Waals surface area (Å²) in [6.07, 6.45) is 51.9.